The Morgan fingerprint density at radius 1 is 1.29 bits per heavy atom. The zero-order valence-corrected chi connectivity index (χ0v) is 11.8. The molecule has 0 saturated heterocycles. The van der Waals surface area contributed by atoms with Crippen molar-refractivity contribution in [2.75, 3.05) is 11.4 Å². The Bertz CT molecular complexity index is 732. The fourth-order valence-electron chi connectivity index (χ4n) is 2.79. The first kappa shape index (κ1) is 13.4. The van der Waals surface area contributed by atoms with Crippen molar-refractivity contribution in [3.63, 3.8) is 0 Å². The van der Waals surface area contributed by atoms with Gasteiger partial charge in [0.2, 0.25) is 0 Å². The molecule has 3 rings (SSSR count). The number of benzene rings is 1. The third kappa shape index (κ3) is 2.11. The Hall–Kier alpha value is -2.56. The highest BCUT2D eigenvalue weighted by Crippen LogP contribution is 2.37. The van der Waals surface area contributed by atoms with Gasteiger partial charge in [-0.2, -0.15) is 0 Å². The minimum Gasteiger partial charge on any atom is -0.481 e. The van der Waals surface area contributed by atoms with Crippen LogP contribution in [0.3, 0.4) is 0 Å². The maximum Gasteiger partial charge on any atom is 0.312 e. The molecule has 1 aliphatic rings. The maximum atomic E-state index is 12.7. The van der Waals surface area contributed by atoms with Gasteiger partial charge in [-0.15, -0.1) is 0 Å². The molecule has 0 fully saturated rings. The van der Waals surface area contributed by atoms with E-state index in [2.05, 4.69) is 0 Å². The minimum atomic E-state index is -0.926. The van der Waals surface area contributed by atoms with Crippen molar-refractivity contribution in [3.8, 4) is 0 Å². The molecule has 1 aromatic carbocycles. The van der Waals surface area contributed by atoms with Gasteiger partial charge >= 0.3 is 5.97 Å². The minimum absolute atomic E-state index is 0.132. The number of hydrogen-bond donors (Lipinski definition) is 1. The number of hydrogen-bond acceptors (Lipinski definition) is 3. The highest BCUT2D eigenvalue weighted by molar-refractivity contribution is 6.08. The molecule has 0 radical (unpaired) electrons. The van der Waals surface area contributed by atoms with Gasteiger partial charge in [0, 0.05) is 17.8 Å². The maximum absolute atomic E-state index is 12.7. The molecule has 1 aliphatic heterocycles. The molecule has 5 heteroatoms. The molecule has 1 aromatic heterocycles. The van der Waals surface area contributed by atoms with E-state index >= 15 is 0 Å². The summed E-state index contributed by atoms with van der Waals surface area (Å²) in [6.45, 7) is 3.72. The SMILES string of the molecule is Cc1cc(C)c(C(=O)N2CC(C(=O)O)c3ccccc32)o1. The van der Waals surface area contributed by atoms with Gasteiger partial charge in [-0.25, -0.2) is 0 Å². The lowest BCUT2D eigenvalue weighted by Gasteiger charge is -2.16. The number of aryl methyl sites for hydroxylation is 2. The molecular formula is C16H15NO4. The monoisotopic (exact) mass is 285 g/mol. The molecule has 5 nitrogen and oxygen atoms in total. The Morgan fingerprint density at radius 3 is 2.62 bits per heavy atom. The zero-order valence-electron chi connectivity index (χ0n) is 11.8. The Kier molecular flexibility index (Phi) is 3.05. The number of para-hydroxylation sites is 1. The van der Waals surface area contributed by atoms with E-state index in [0.717, 1.165) is 5.56 Å². The van der Waals surface area contributed by atoms with Crippen molar-refractivity contribution in [1.82, 2.24) is 0 Å². The smallest absolute Gasteiger partial charge is 0.312 e. The van der Waals surface area contributed by atoms with Crippen molar-refractivity contribution >= 4 is 17.6 Å². The van der Waals surface area contributed by atoms with Crippen LogP contribution in [-0.2, 0) is 4.79 Å². The molecule has 0 bridgehead atoms. The molecule has 1 unspecified atom stereocenters. The number of carboxylic acid groups (broad SMARTS) is 1. The Labute approximate surface area is 121 Å². The number of carboxylic acids is 1. The van der Waals surface area contributed by atoms with Crippen LogP contribution in [0.25, 0.3) is 0 Å². The Balaban J connectivity index is 2.02. The number of carbonyl (C=O) groups is 2. The second-order valence-corrected chi connectivity index (χ2v) is 5.23. The van der Waals surface area contributed by atoms with Gasteiger partial charge in [-0.05, 0) is 31.5 Å². The van der Waals surface area contributed by atoms with Gasteiger partial charge in [-0.1, -0.05) is 18.2 Å². The first-order valence-electron chi connectivity index (χ1n) is 6.69. The van der Waals surface area contributed by atoms with Crippen LogP contribution in [0, 0.1) is 13.8 Å². The fraction of sp³-hybridized carbons (Fsp3) is 0.250. The van der Waals surface area contributed by atoms with Crippen LogP contribution >= 0.6 is 0 Å². The summed E-state index contributed by atoms with van der Waals surface area (Å²) in [4.78, 5) is 25.5. The van der Waals surface area contributed by atoms with Crippen LogP contribution in [-0.4, -0.2) is 23.5 Å². The number of carbonyl (C=O) groups excluding carboxylic acids is 1. The van der Waals surface area contributed by atoms with Crippen molar-refractivity contribution in [2.45, 2.75) is 19.8 Å². The van der Waals surface area contributed by atoms with E-state index in [-0.39, 0.29) is 18.2 Å². The van der Waals surface area contributed by atoms with Gasteiger partial charge < -0.3 is 14.4 Å². The molecule has 1 atom stereocenters. The average Bonchev–Trinajstić information content (AvgIpc) is 2.98. The quantitative estimate of drug-likeness (QED) is 0.921. The van der Waals surface area contributed by atoms with Gasteiger partial charge in [0.1, 0.15) is 11.7 Å². The van der Waals surface area contributed by atoms with Gasteiger partial charge in [0.15, 0.2) is 5.76 Å². The second kappa shape index (κ2) is 4.77. The van der Waals surface area contributed by atoms with Crippen molar-refractivity contribution in [1.29, 1.82) is 0 Å². The molecule has 1 N–H and O–H groups in total. The van der Waals surface area contributed by atoms with E-state index in [1.807, 2.05) is 0 Å². The molecule has 0 spiro atoms. The second-order valence-electron chi connectivity index (χ2n) is 5.23. The summed E-state index contributed by atoms with van der Waals surface area (Å²) in [7, 11) is 0. The van der Waals surface area contributed by atoms with E-state index < -0.39 is 11.9 Å². The van der Waals surface area contributed by atoms with E-state index in [1.165, 1.54) is 4.90 Å². The highest BCUT2D eigenvalue weighted by Gasteiger charge is 2.37. The van der Waals surface area contributed by atoms with Gasteiger partial charge in [-0.3, -0.25) is 9.59 Å². The van der Waals surface area contributed by atoms with Crippen LogP contribution in [0.15, 0.2) is 34.7 Å². The normalized spacial score (nSPS) is 16.9. The topological polar surface area (TPSA) is 70.8 Å². The number of amides is 1. The van der Waals surface area contributed by atoms with Crippen molar-refractivity contribution in [2.24, 2.45) is 0 Å². The van der Waals surface area contributed by atoms with Crippen LogP contribution in [0.4, 0.5) is 5.69 Å². The first-order chi connectivity index (χ1) is 9.99. The summed E-state index contributed by atoms with van der Waals surface area (Å²) in [5, 5.41) is 9.33. The van der Waals surface area contributed by atoms with E-state index in [9.17, 15) is 14.7 Å². The molecule has 1 amide bonds. The van der Waals surface area contributed by atoms with Crippen LogP contribution in [0.2, 0.25) is 0 Å². The van der Waals surface area contributed by atoms with Crippen molar-refractivity contribution < 1.29 is 19.1 Å². The number of furan rings is 1. The van der Waals surface area contributed by atoms with Crippen LogP contribution < -0.4 is 4.90 Å². The summed E-state index contributed by atoms with van der Waals surface area (Å²) in [6, 6.07) is 8.89. The number of aliphatic carboxylic acids is 1. The fourth-order valence-corrected chi connectivity index (χ4v) is 2.79. The molecule has 2 heterocycles. The van der Waals surface area contributed by atoms with Gasteiger partial charge in [0.05, 0.1) is 0 Å². The molecule has 2 aromatic rings. The number of rotatable bonds is 2. The first-order valence-corrected chi connectivity index (χ1v) is 6.69. The molecule has 21 heavy (non-hydrogen) atoms. The molecule has 0 saturated carbocycles. The van der Waals surface area contributed by atoms with Gasteiger partial charge in [0.25, 0.3) is 5.91 Å². The Morgan fingerprint density at radius 2 is 2.00 bits per heavy atom. The van der Waals surface area contributed by atoms with Crippen molar-refractivity contribution in [3.05, 3.63) is 53.0 Å². The summed E-state index contributed by atoms with van der Waals surface area (Å²) >= 11 is 0. The highest BCUT2D eigenvalue weighted by atomic mass is 16.4. The summed E-state index contributed by atoms with van der Waals surface area (Å²) in [5.41, 5.74) is 2.07. The summed E-state index contributed by atoms with van der Waals surface area (Å²) in [6.07, 6.45) is 0. The molecule has 0 aliphatic carbocycles. The lowest BCUT2D eigenvalue weighted by molar-refractivity contribution is -0.138. The third-order valence-corrected chi connectivity index (χ3v) is 3.75. The number of fused-ring (bicyclic) bond motifs is 1. The largest absolute Gasteiger partial charge is 0.481 e. The number of anilines is 1. The van der Waals surface area contributed by atoms with Crippen LogP contribution in [0.5, 0.6) is 0 Å². The average molecular weight is 285 g/mol. The van der Waals surface area contributed by atoms with Crippen LogP contribution in [0.1, 0.15) is 33.4 Å². The van der Waals surface area contributed by atoms with E-state index in [0.29, 0.717) is 17.0 Å². The standard InChI is InChI=1S/C16H15NO4/c1-9-7-10(2)21-14(9)15(18)17-8-12(16(19)20)11-5-3-4-6-13(11)17/h3-7,12H,8H2,1-2H3,(H,19,20). The lowest BCUT2D eigenvalue weighted by Crippen LogP contribution is -2.31. The summed E-state index contributed by atoms with van der Waals surface area (Å²) in [5.74, 6) is -0.977. The lowest BCUT2D eigenvalue weighted by atomic mass is 10.0. The molecular weight excluding hydrogens is 270 g/mol. The zero-order chi connectivity index (χ0) is 15.1. The predicted octanol–water partition coefficient (Wildman–Crippen LogP) is 2.73. The van der Waals surface area contributed by atoms with E-state index in [4.69, 9.17) is 4.42 Å². The number of nitrogens with zero attached hydrogens (tertiary/aromatic N) is 1. The molecule has 108 valence electrons. The summed E-state index contributed by atoms with van der Waals surface area (Å²) < 4.78 is 5.46. The van der Waals surface area contributed by atoms with E-state index in [1.54, 1.807) is 44.2 Å². The third-order valence-electron chi connectivity index (χ3n) is 3.75. The predicted molar refractivity (Wildman–Crippen MR) is 76.7 cm³/mol.